The third-order valence-corrected chi connectivity index (χ3v) is 4.00. The zero-order valence-corrected chi connectivity index (χ0v) is 12.3. The maximum Gasteiger partial charge on any atom is 0.158 e. The van der Waals surface area contributed by atoms with Crippen LogP contribution in [-0.4, -0.2) is 16.5 Å². The fourth-order valence-corrected chi connectivity index (χ4v) is 2.85. The van der Waals surface area contributed by atoms with E-state index in [1.807, 2.05) is 25.1 Å². The van der Waals surface area contributed by atoms with Gasteiger partial charge in [0.15, 0.2) is 5.69 Å². The predicted molar refractivity (Wildman–Crippen MR) is 78.7 cm³/mol. The summed E-state index contributed by atoms with van der Waals surface area (Å²) in [7, 11) is 0. The van der Waals surface area contributed by atoms with Crippen LogP contribution >= 0.6 is 0 Å². The highest BCUT2D eigenvalue weighted by Gasteiger charge is 2.30. The molecule has 1 saturated heterocycles. The molecule has 0 saturated carbocycles. The highest BCUT2D eigenvalue weighted by molar-refractivity contribution is 5.41. The first kappa shape index (κ1) is 13.6. The highest BCUT2D eigenvalue weighted by Crippen LogP contribution is 2.37. The summed E-state index contributed by atoms with van der Waals surface area (Å²) in [6.45, 7) is 5.15. The second-order valence-electron chi connectivity index (χ2n) is 5.66. The first-order valence-corrected chi connectivity index (χ1v) is 7.22. The molecule has 5 nitrogen and oxygen atoms in total. The van der Waals surface area contributed by atoms with Crippen molar-refractivity contribution in [2.24, 2.45) is 5.92 Å². The second kappa shape index (κ2) is 5.57. The zero-order chi connectivity index (χ0) is 14.8. The summed E-state index contributed by atoms with van der Waals surface area (Å²) in [6, 6.07) is 6.23. The molecule has 2 unspecified atom stereocenters. The molecule has 3 heterocycles. The van der Waals surface area contributed by atoms with Crippen LogP contribution in [-0.2, 0) is 0 Å². The van der Waals surface area contributed by atoms with Gasteiger partial charge in [0, 0.05) is 6.54 Å². The zero-order valence-electron chi connectivity index (χ0n) is 12.3. The van der Waals surface area contributed by atoms with Gasteiger partial charge in [0.25, 0.3) is 0 Å². The Bertz CT molecular complexity index is 656. The summed E-state index contributed by atoms with van der Waals surface area (Å²) in [5.41, 5.74) is 0.342. The third-order valence-electron chi connectivity index (χ3n) is 4.00. The van der Waals surface area contributed by atoms with Crippen LogP contribution in [0.3, 0.4) is 0 Å². The van der Waals surface area contributed by atoms with Crippen LogP contribution in [0.5, 0.6) is 0 Å². The van der Waals surface area contributed by atoms with E-state index in [9.17, 15) is 0 Å². The van der Waals surface area contributed by atoms with Gasteiger partial charge in [-0.3, -0.25) is 0 Å². The number of piperidine rings is 1. The van der Waals surface area contributed by atoms with Crippen molar-refractivity contribution in [3.05, 3.63) is 41.7 Å². The molecule has 2 atom stereocenters. The lowest BCUT2D eigenvalue weighted by Crippen LogP contribution is -2.36. The smallest absolute Gasteiger partial charge is 0.158 e. The predicted octanol–water partition coefficient (Wildman–Crippen LogP) is 3.23. The molecule has 0 amide bonds. The van der Waals surface area contributed by atoms with Crippen LogP contribution in [0.2, 0.25) is 0 Å². The lowest BCUT2D eigenvalue weighted by Gasteiger charge is -2.38. The van der Waals surface area contributed by atoms with Crippen molar-refractivity contribution in [2.75, 3.05) is 11.4 Å². The van der Waals surface area contributed by atoms with Crippen LogP contribution < -0.4 is 4.90 Å². The molecule has 0 aromatic carbocycles. The Morgan fingerprint density at radius 3 is 2.81 bits per heavy atom. The SMILES string of the molecule is Cc1ccc(C2CC(C)CCN2c2cnc(C#N)cn2)o1. The summed E-state index contributed by atoms with van der Waals surface area (Å²) in [5.74, 6) is 3.36. The van der Waals surface area contributed by atoms with Gasteiger partial charge in [-0.25, -0.2) is 9.97 Å². The number of nitrogens with zero attached hydrogens (tertiary/aromatic N) is 4. The van der Waals surface area contributed by atoms with E-state index in [2.05, 4.69) is 21.8 Å². The Morgan fingerprint density at radius 2 is 2.19 bits per heavy atom. The van der Waals surface area contributed by atoms with Crippen molar-refractivity contribution < 1.29 is 4.42 Å². The standard InChI is InChI=1S/C16H18N4O/c1-11-5-6-20(16-10-18-13(8-17)9-19-16)14(7-11)15-4-3-12(2)21-15/h3-4,9-11,14H,5-7H2,1-2H3. The summed E-state index contributed by atoms with van der Waals surface area (Å²) in [4.78, 5) is 10.7. The van der Waals surface area contributed by atoms with E-state index in [0.29, 0.717) is 11.6 Å². The molecular weight excluding hydrogens is 264 g/mol. The molecule has 1 fully saturated rings. The van der Waals surface area contributed by atoms with Crippen molar-refractivity contribution >= 4 is 5.82 Å². The van der Waals surface area contributed by atoms with Gasteiger partial charge in [-0.2, -0.15) is 5.26 Å². The maximum atomic E-state index is 8.83. The molecule has 2 aromatic heterocycles. The molecule has 108 valence electrons. The maximum absolute atomic E-state index is 8.83. The molecule has 21 heavy (non-hydrogen) atoms. The van der Waals surface area contributed by atoms with Crippen LogP contribution in [0.1, 0.15) is 43.0 Å². The average molecular weight is 282 g/mol. The van der Waals surface area contributed by atoms with Crippen LogP contribution in [0.25, 0.3) is 0 Å². The largest absolute Gasteiger partial charge is 0.464 e. The van der Waals surface area contributed by atoms with E-state index in [1.165, 1.54) is 6.20 Å². The molecule has 0 bridgehead atoms. The van der Waals surface area contributed by atoms with E-state index in [4.69, 9.17) is 9.68 Å². The van der Waals surface area contributed by atoms with Crippen molar-refractivity contribution in [3.63, 3.8) is 0 Å². The number of rotatable bonds is 2. The van der Waals surface area contributed by atoms with Crippen molar-refractivity contribution in [3.8, 4) is 6.07 Å². The van der Waals surface area contributed by atoms with Gasteiger partial charge in [-0.1, -0.05) is 6.92 Å². The number of aromatic nitrogens is 2. The van der Waals surface area contributed by atoms with Crippen LogP contribution in [0.15, 0.2) is 28.9 Å². The number of hydrogen-bond donors (Lipinski definition) is 0. The van der Waals surface area contributed by atoms with E-state index < -0.39 is 0 Å². The van der Waals surface area contributed by atoms with E-state index in [0.717, 1.165) is 36.7 Å². The van der Waals surface area contributed by atoms with Crippen LogP contribution in [0.4, 0.5) is 5.82 Å². The minimum atomic E-state index is 0.185. The molecular formula is C16H18N4O. The molecule has 3 rings (SSSR count). The van der Waals surface area contributed by atoms with Gasteiger partial charge in [-0.05, 0) is 37.8 Å². The first-order chi connectivity index (χ1) is 10.2. The number of hydrogen-bond acceptors (Lipinski definition) is 5. The third kappa shape index (κ3) is 2.75. The Morgan fingerprint density at radius 1 is 1.33 bits per heavy atom. The summed E-state index contributed by atoms with van der Waals surface area (Å²) in [6.07, 6.45) is 5.36. The normalized spacial score (nSPS) is 22.0. The Labute approximate surface area is 124 Å². The molecule has 1 aliphatic heterocycles. The van der Waals surface area contributed by atoms with Gasteiger partial charge in [0.05, 0.1) is 18.4 Å². The van der Waals surface area contributed by atoms with Gasteiger partial charge in [0.2, 0.25) is 0 Å². The number of anilines is 1. The van der Waals surface area contributed by atoms with Gasteiger partial charge < -0.3 is 9.32 Å². The fraction of sp³-hybridized carbons (Fsp3) is 0.438. The van der Waals surface area contributed by atoms with Crippen molar-refractivity contribution in [2.45, 2.75) is 32.7 Å². The number of nitriles is 1. The summed E-state index contributed by atoms with van der Waals surface area (Å²) in [5, 5.41) is 8.83. The molecule has 0 aliphatic carbocycles. The lowest BCUT2D eigenvalue weighted by molar-refractivity contribution is 0.323. The summed E-state index contributed by atoms with van der Waals surface area (Å²) < 4.78 is 5.83. The first-order valence-electron chi connectivity index (χ1n) is 7.22. The highest BCUT2D eigenvalue weighted by atomic mass is 16.3. The molecule has 0 spiro atoms. The van der Waals surface area contributed by atoms with E-state index in [1.54, 1.807) is 6.20 Å². The molecule has 0 N–H and O–H groups in total. The van der Waals surface area contributed by atoms with E-state index >= 15 is 0 Å². The average Bonchev–Trinajstić information content (AvgIpc) is 2.94. The van der Waals surface area contributed by atoms with E-state index in [-0.39, 0.29) is 6.04 Å². The quantitative estimate of drug-likeness (QED) is 0.846. The molecule has 2 aromatic rings. The monoisotopic (exact) mass is 282 g/mol. The van der Waals surface area contributed by atoms with Gasteiger partial charge in [-0.15, -0.1) is 0 Å². The summed E-state index contributed by atoms with van der Waals surface area (Å²) >= 11 is 0. The molecule has 1 aliphatic rings. The minimum Gasteiger partial charge on any atom is -0.464 e. The van der Waals surface area contributed by atoms with Crippen molar-refractivity contribution in [1.82, 2.24) is 9.97 Å². The topological polar surface area (TPSA) is 66.0 Å². The Hall–Kier alpha value is -2.35. The molecule has 5 heteroatoms. The Balaban J connectivity index is 1.91. The van der Waals surface area contributed by atoms with Crippen molar-refractivity contribution in [1.29, 1.82) is 5.26 Å². The Kier molecular flexibility index (Phi) is 3.61. The second-order valence-corrected chi connectivity index (χ2v) is 5.66. The number of furan rings is 1. The lowest BCUT2D eigenvalue weighted by atomic mass is 9.91. The minimum absolute atomic E-state index is 0.185. The van der Waals surface area contributed by atoms with Gasteiger partial charge in [0.1, 0.15) is 23.4 Å². The van der Waals surface area contributed by atoms with Crippen LogP contribution in [0, 0.1) is 24.2 Å². The van der Waals surface area contributed by atoms with Gasteiger partial charge >= 0.3 is 0 Å². The fourth-order valence-electron chi connectivity index (χ4n) is 2.85. The number of aryl methyl sites for hydroxylation is 1. The molecule has 0 radical (unpaired) electrons.